The molecule has 0 bridgehead atoms. The van der Waals surface area contributed by atoms with Crippen LogP contribution >= 0.6 is 0 Å². The van der Waals surface area contributed by atoms with Gasteiger partial charge < -0.3 is 9.72 Å². The van der Waals surface area contributed by atoms with Crippen molar-refractivity contribution in [1.82, 2.24) is 9.38 Å². The number of hydrogen-bond acceptors (Lipinski definition) is 6. The minimum Gasteiger partial charge on any atom is -0.321 e. The maximum Gasteiger partial charge on any atom is 0.277 e. The number of fused-ring (bicyclic) bond motifs is 1. The van der Waals surface area contributed by atoms with Crippen LogP contribution in [0.15, 0.2) is 73.1 Å². The van der Waals surface area contributed by atoms with Crippen molar-refractivity contribution in [3.05, 3.63) is 98.8 Å². The van der Waals surface area contributed by atoms with Gasteiger partial charge in [0.1, 0.15) is 5.65 Å². The molecule has 1 N–H and O–H groups in total. The Morgan fingerprint density at radius 2 is 1.60 bits per heavy atom. The average Bonchev–Trinajstić information content (AvgIpc) is 3.17. The second kappa shape index (κ2) is 7.43. The standard InChI is InChI=1S/C20H13N5O5/c26-20(13-9-14(24(27)28)11-15(10-13)25(29)30)22-17-6-2-1-5-16(17)18-12-23-8-4-3-7-19(23)21-18/h1-12H,(H,22,26). The first kappa shape index (κ1) is 18.7. The van der Waals surface area contributed by atoms with Crippen molar-refractivity contribution in [3.8, 4) is 11.3 Å². The number of hydrogen-bond donors (Lipinski definition) is 1. The van der Waals surface area contributed by atoms with Gasteiger partial charge in [0.05, 0.1) is 32.9 Å². The molecule has 0 aliphatic heterocycles. The molecule has 0 spiro atoms. The topological polar surface area (TPSA) is 133 Å². The van der Waals surface area contributed by atoms with Gasteiger partial charge in [-0.3, -0.25) is 25.0 Å². The molecule has 0 aliphatic rings. The second-order valence-corrected chi connectivity index (χ2v) is 6.34. The van der Waals surface area contributed by atoms with Gasteiger partial charge in [-0.1, -0.05) is 24.3 Å². The molecule has 148 valence electrons. The average molecular weight is 403 g/mol. The number of benzene rings is 2. The lowest BCUT2D eigenvalue weighted by Gasteiger charge is -2.09. The van der Waals surface area contributed by atoms with Crippen LogP contribution in [-0.4, -0.2) is 25.1 Å². The number of imidazole rings is 1. The number of carbonyl (C=O) groups excluding carboxylic acids is 1. The van der Waals surface area contributed by atoms with E-state index in [0.29, 0.717) is 16.9 Å². The van der Waals surface area contributed by atoms with E-state index in [-0.39, 0.29) is 5.56 Å². The molecule has 10 heteroatoms. The molecule has 1 amide bonds. The zero-order valence-corrected chi connectivity index (χ0v) is 15.3. The summed E-state index contributed by atoms with van der Waals surface area (Å²) in [4.78, 5) is 37.8. The number of amides is 1. The van der Waals surface area contributed by atoms with E-state index in [4.69, 9.17) is 0 Å². The Labute approximate surface area is 168 Å². The summed E-state index contributed by atoms with van der Waals surface area (Å²) in [5, 5.41) is 24.8. The van der Waals surface area contributed by atoms with Crippen LogP contribution in [0.25, 0.3) is 16.9 Å². The number of anilines is 1. The predicted octanol–water partition coefficient (Wildman–Crippen LogP) is 4.07. The molecule has 0 saturated heterocycles. The maximum absolute atomic E-state index is 12.7. The molecule has 4 aromatic rings. The van der Waals surface area contributed by atoms with Gasteiger partial charge in [0.25, 0.3) is 17.3 Å². The Hall–Kier alpha value is -4.60. The fourth-order valence-corrected chi connectivity index (χ4v) is 3.01. The van der Waals surface area contributed by atoms with Crippen LogP contribution < -0.4 is 5.32 Å². The van der Waals surface area contributed by atoms with Crippen molar-refractivity contribution in [3.63, 3.8) is 0 Å². The van der Waals surface area contributed by atoms with E-state index in [1.54, 1.807) is 30.5 Å². The van der Waals surface area contributed by atoms with Crippen molar-refractivity contribution in [2.45, 2.75) is 0 Å². The zero-order chi connectivity index (χ0) is 21.3. The highest BCUT2D eigenvalue weighted by atomic mass is 16.6. The van der Waals surface area contributed by atoms with E-state index in [2.05, 4.69) is 10.3 Å². The highest BCUT2D eigenvalue weighted by Crippen LogP contribution is 2.29. The molecular formula is C20H13N5O5. The summed E-state index contributed by atoms with van der Waals surface area (Å²) in [6, 6.07) is 15.3. The monoisotopic (exact) mass is 403 g/mol. The second-order valence-electron chi connectivity index (χ2n) is 6.34. The number of non-ortho nitro benzene ring substituents is 2. The van der Waals surface area contributed by atoms with Gasteiger partial charge in [-0.15, -0.1) is 0 Å². The third-order valence-electron chi connectivity index (χ3n) is 4.40. The van der Waals surface area contributed by atoms with E-state index in [1.165, 1.54) is 0 Å². The summed E-state index contributed by atoms with van der Waals surface area (Å²) in [5.41, 5.74) is 1.12. The van der Waals surface area contributed by atoms with E-state index in [1.807, 2.05) is 28.8 Å². The lowest BCUT2D eigenvalue weighted by Crippen LogP contribution is -2.13. The summed E-state index contributed by atoms with van der Waals surface area (Å²) in [7, 11) is 0. The Morgan fingerprint density at radius 1 is 0.933 bits per heavy atom. The molecule has 0 unspecified atom stereocenters. The van der Waals surface area contributed by atoms with Crippen LogP contribution in [0.4, 0.5) is 17.1 Å². The SMILES string of the molecule is O=C(Nc1ccccc1-c1cn2ccccc2n1)c1cc([N+](=O)[O-])cc([N+](=O)[O-])c1. The number of nitro groups is 2. The minimum absolute atomic E-state index is 0.194. The summed E-state index contributed by atoms with van der Waals surface area (Å²) < 4.78 is 1.83. The summed E-state index contributed by atoms with van der Waals surface area (Å²) in [5.74, 6) is -0.710. The first-order chi connectivity index (χ1) is 14.4. The number of carbonyl (C=O) groups is 1. The largest absolute Gasteiger partial charge is 0.321 e. The summed E-state index contributed by atoms with van der Waals surface area (Å²) in [6.07, 6.45) is 3.65. The van der Waals surface area contributed by atoms with E-state index >= 15 is 0 Å². The minimum atomic E-state index is -0.783. The van der Waals surface area contributed by atoms with Crippen LogP contribution in [0.2, 0.25) is 0 Å². The molecule has 0 fully saturated rings. The van der Waals surface area contributed by atoms with Crippen molar-refractivity contribution in [2.24, 2.45) is 0 Å². The van der Waals surface area contributed by atoms with Crippen LogP contribution in [0.3, 0.4) is 0 Å². The molecule has 4 rings (SSSR count). The zero-order valence-electron chi connectivity index (χ0n) is 15.3. The smallest absolute Gasteiger partial charge is 0.277 e. The van der Waals surface area contributed by atoms with Crippen molar-refractivity contribution < 1.29 is 14.6 Å². The lowest BCUT2D eigenvalue weighted by atomic mass is 10.1. The number of nitrogens with one attached hydrogen (secondary N) is 1. The molecular weight excluding hydrogens is 390 g/mol. The Balaban J connectivity index is 1.71. The van der Waals surface area contributed by atoms with Gasteiger partial charge in [-0.2, -0.15) is 0 Å². The van der Waals surface area contributed by atoms with E-state index in [9.17, 15) is 25.0 Å². The van der Waals surface area contributed by atoms with E-state index in [0.717, 1.165) is 23.8 Å². The molecule has 2 heterocycles. The molecule has 10 nitrogen and oxygen atoms in total. The normalized spacial score (nSPS) is 10.7. The fraction of sp³-hybridized carbons (Fsp3) is 0. The molecule has 0 atom stereocenters. The number of nitro benzene ring substituents is 2. The van der Waals surface area contributed by atoms with Crippen LogP contribution in [0.5, 0.6) is 0 Å². The quantitative estimate of drug-likeness (QED) is 0.394. The first-order valence-corrected chi connectivity index (χ1v) is 8.71. The number of pyridine rings is 1. The Bertz CT molecular complexity index is 1250. The first-order valence-electron chi connectivity index (χ1n) is 8.71. The number of para-hydroxylation sites is 1. The predicted molar refractivity (Wildman–Crippen MR) is 108 cm³/mol. The number of nitrogens with zero attached hydrogens (tertiary/aromatic N) is 4. The van der Waals surface area contributed by atoms with Gasteiger partial charge >= 0.3 is 0 Å². The molecule has 0 radical (unpaired) electrons. The van der Waals surface area contributed by atoms with Gasteiger partial charge in [0, 0.05) is 30.1 Å². The van der Waals surface area contributed by atoms with Gasteiger partial charge in [-0.25, -0.2) is 4.98 Å². The van der Waals surface area contributed by atoms with Crippen LogP contribution in [0.1, 0.15) is 10.4 Å². The van der Waals surface area contributed by atoms with Gasteiger partial charge in [0.2, 0.25) is 0 Å². The number of rotatable bonds is 5. The molecule has 2 aromatic heterocycles. The lowest BCUT2D eigenvalue weighted by molar-refractivity contribution is -0.394. The third kappa shape index (κ3) is 3.56. The van der Waals surface area contributed by atoms with Crippen molar-refractivity contribution in [1.29, 1.82) is 0 Å². The van der Waals surface area contributed by atoms with Crippen molar-refractivity contribution in [2.75, 3.05) is 5.32 Å². The van der Waals surface area contributed by atoms with Gasteiger partial charge in [0.15, 0.2) is 0 Å². The highest BCUT2D eigenvalue weighted by molar-refractivity contribution is 6.07. The number of aromatic nitrogens is 2. The summed E-state index contributed by atoms with van der Waals surface area (Å²) >= 11 is 0. The van der Waals surface area contributed by atoms with Gasteiger partial charge in [-0.05, 0) is 18.2 Å². The maximum atomic E-state index is 12.7. The Kier molecular flexibility index (Phi) is 4.64. The summed E-state index contributed by atoms with van der Waals surface area (Å²) in [6.45, 7) is 0. The van der Waals surface area contributed by atoms with E-state index < -0.39 is 27.1 Å². The molecule has 0 aliphatic carbocycles. The van der Waals surface area contributed by atoms with Crippen LogP contribution in [0, 0.1) is 20.2 Å². The fourth-order valence-electron chi connectivity index (χ4n) is 3.01. The molecule has 2 aromatic carbocycles. The molecule has 0 saturated carbocycles. The molecule has 30 heavy (non-hydrogen) atoms. The third-order valence-corrected chi connectivity index (χ3v) is 4.40. The Morgan fingerprint density at radius 3 is 2.27 bits per heavy atom. The van der Waals surface area contributed by atoms with Crippen molar-refractivity contribution >= 4 is 28.6 Å². The van der Waals surface area contributed by atoms with Crippen LogP contribution in [-0.2, 0) is 0 Å². The highest BCUT2D eigenvalue weighted by Gasteiger charge is 2.21.